The number of carbonyl (C=O) groups excluding carboxylic acids is 2. The Labute approximate surface area is 212 Å². The minimum atomic E-state index is -1.59. The lowest BCUT2D eigenvalue weighted by molar-refractivity contribution is -0.244. The van der Waals surface area contributed by atoms with Gasteiger partial charge in [0.05, 0.1) is 19.6 Å². The Morgan fingerprint density at radius 2 is 1.54 bits per heavy atom. The SMILES string of the molecule is COc1cccc(C2CCN(CCOC(c3ccc(F)cc3)c3ccc(F)cc3)C23OC(=O)C(=O)O3)c1. The molecule has 2 aliphatic rings. The molecule has 7 nitrogen and oxygen atoms in total. The maximum absolute atomic E-state index is 13.5. The van der Waals surface area contributed by atoms with E-state index in [-0.39, 0.29) is 24.8 Å². The minimum absolute atomic E-state index is 0.154. The van der Waals surface area contributed by atoms with Crippen LogP contribution in [0.1, 0.15) is 35.1 Å². The molecule has 0 saturated carbocycles. The number of hydrogen-bond donors (Lipinski definition) is 0. The highest BCUT2D eigenvalue weighted by atomic mass is 19.1. The first-order chi connectivity index (χ1) is 17.9. The summed E-state index contributed by atoms with van der Waals surface area (Å²) in [6.45, 7) is 0.893. The van der Waals surface area contributed by atoms with E-state index in [0.717, 1.165) is 5.56 Å². The van der Waals surface area contributed by atoms with Crippen molar-refractivity contribution in [3.63, 3.8) is 0 Å². The molecule has 2 saturated heterocycles. The van der Waals surface area contributed by atoms with Crippen LogP contribution < -0.4 is 4.74 Å². The van der Waals surface area contributed by atoms with E-state index in [1.807, 2.05) is 18.2 Å². The molecule has 1 atom stereocenters. The Balaban J connectivity index is 1.37. The molecule has 0 amide bonds. The number of methoxy groups -OCH3 is 1. The summed E-state index contributed by atoms with van der Waals surface area (Å²) in [5.74, 6) is -4.24. The van der Waals surface area contributed by atoms with Crippen molar-refractivity contribution >= 4 is 11.9 Å². The second kappa shape index (κ2) is 10.3. The van der Waals surface area contributed by atoms with Crippen molar-refractivity contribution < 1.29 is 37.3 Å². The molecular weight excluding hydrogens is 484 g/mol. The molecule has 2 fully saturated rings. The lowest BCUT2D eigenvalue weighted by Crippen LogP contribution is -2.50. The van der Waals surface area contributed by atoms with Crippen molar-refractivity contribution in [2.24, 2.45) is 0 Å². The zero-order valence-corrected chi connectivity index (χ0v) is 20.1. The highest BCUT2D eigenvalue weighted by Gasteiger charge is 2.61. The Kier molecular flexibility index (Phi) is 6.90. The van der Waals surface area contributed by atoms with Crippen LogP contribution >= 0.6 is 0 Å². The monoisotopic (exact) mass is 509 g/mol. The molecule has 37 heavy (non-hydrogen) atoms. The van der Waals surface area contributed by atoms with Gasteiger partial charge in [-0.2, -0.15) is 0 Å². The third kappa shape index (κ3) is 4.92. The highest BCUT2D eigenvalue weighted by Crippen LogP contribution is 2.47. The summed E-state index contributed by atoms with van der Waals surface area (Å²) in [6, 6.07) is 19.1. The van der Waals surface area contributed by atoms with Gasteiger partial charge in [0.15, 0.2) is 0 Å². The number of benzene rings is 3. The van der Waals surface area contributed by atoms with Crippen molar-refractivity contribution in [3.8, 4) is 5.75 Å². The van der Waals surface area contributed by atoms with Gasteiger partial charge in [-0.3, -0.25) is 0 Å². The van der Waals surface area contributed by atoms with Gasteiger partial charge in [0.25, 0.3) is 0 Å². The fraction of sp³-hybridized carbons (Fsp3) is 0.286. The van der Waals surface area contributed by atoms with Crippen LogP contribution in [-0.2, 0) is 23.8 Å². The molecule has 0 N–H and O–H groups in total. The van der Waals surface area contributed by atoms with Crippen LogP contribution in [0.3, 0.4) is 0 Å². The van der Waals surface area contributed by atoms with Crippen molar-refractivity contribution in [1.82, 2.24) is 4.90 Å². The number of ether oxygens (including phenoxy) is 4. The van der Waals surface area contributed by atoms with Gasteiger partial charge in [0.1, 0.15) is 23.5 Å². The third-order valence-electron chi connectivity index (χ3n) is 6.70. The zero-order valence-electron chi connectivity index (χ0n) is 20.1. The van der Waals surface area contributed by atoms with Gasteiger partial charge in [-0.15, -0.1) is 0 Å². The molecule has 0 radical (unpaired) electrons. The second-order valence-corrected chi connectivity index (χ2v) is 8.87. The summed E-state index contributed by atoms with van der Waals surface area (Å²) in [6.07, 6.45) is -0.0322. The van der Waals surface area contributed by atoms with E-state index >= 15 is 0 Å². The van der Waals surface area contributed by atoms with Crippen molar-refractivity contribution in [2.45, 2.75) is 24.4 Å². The molecule has 5 rings (SSSR count). The Hall–Kier alpha value is -3.82. The van der Waals surface area contributed by atoms with Crippen LogP contribution in [0.2, 0.25) is 0 Å². The number of halogens is 2. The van der Waals surface area contributed by atoms with Crippen molar-refractivity contribution in [1.29, 1.82) is 0 Å². The first kappa shape index (κ1) is 24.9. The predicted molar refractivity (Wildman–Crippen MR) is 127 cm³/mol. The molecule has 0 aliphatic carbocycles. The lowest BCUT2D eigenvalue weighted by Gasteiger charge is -2.35. The molecule has 9 heteroatoms. The van der Waals surface area contributed by atoms with E-state index < -0.39 is 29.9 Å². The van der Waals surface area contributed by atoms with Crippen LogP contribution in [-0.4, -0.2) is 49.6 Å². The van der Waals surface area contributed by atoms with E-state index in [1.165, 1.54) is 24.3 Å². The molecule has 2 heterocycles. The minimum Gasteiger partial charge on any atom is -0.497 e. The normalized spacial score (nSPS) is 18.9. The number of carbonyl (C=O) groups is 2. The summed E-state index contributed by atoms with van der Waals surface area (Å²) in [4.78, 5) is 26.1. The molecule has 0 bridgehead atoms. The summed E-state index contributed by atoms with van der Waals surface area (Å²) in [5, 5.41) is 0. The lowest BCUT2D eigenvalue weighted by atomic mass is 9.94. The number of hydrogen-bond acceptors (Lipinski definition) is 7. The molecule has 3 aromatic carbocycles. The van der Waals surface area contributed by atoms with Crippen LogP contribution in [0.25, 0.3) is 0 Å². The van der Waals surface area contributed by atoms with Crippen molar-refractivity contribution in [2.75, 3.05) is 26.8 Å². The second-order valence-electron chi connectivity index (χ2n) is 8.87. The van der Waals surface area contributed by atoms with Gasteiger partial charge in [-0.05, 0) is 59.5 Å². The first-order valence-corrected chi connectivity index (χ1v) is 11.9. The largest absolute Gasteiger partial charge is 0.497 e. The molecule has 1 spiro atoms. The van der Waals surface area contributed by atoms with Crippen LogP contribution in [0, 0.1) is 11.6 Å². The quantitative estimate of drug-likeness (QED) is 0.331. The van der Waals surface area contributed by atoms with Crippen LogP contribution in [0.5, 0.6) is 5.75 Å². The third-order valence-corrected chi connectivity index (χ3v) is 6.70. The van der Waals surface area contributed by atoms with Crippen LogP contribution in [0.15, 0.2) is 72.8 Å². The number of nitrogens with zero attached hydrogens (tertiary/aromatic N) is 1. The molecule has 3 aromatic rings. The van der Waals surface area contributed by atoms with Gasteiger partial charge in [-0.25, -0.2) is 23.3 Å². The van der Waals surface area contributed by atoms with Gasteiger partial charge >= 0.3 is 17.8 Å². The molecule has 0 aromatic heterocycles. The molecule has 192 valence electrons. The average molecular weight is 510 g/mol. The number of likely N-dealkylation sites (tertiary alicyclic amines) is 1. The summed E-state index contributed by atoms with van der Waals surface area (Å²) in [7, 11) is 1.56. The molecular formula is C28H25F2NO6. The van der Waals surface area contributed by atoms with E-state index in [0.29, 0.717) is 29.8 Å². The standard InChI is InChI=1S/C28H25F2NO6/c1-34-23-4-2-3-20(17-23)24-13-14-31(28(24)36-26(32)27(33)37-28)15-16-35-25(18-5-9-21(29)10-6-18)19-7-11-22(30)12-8-19/h2-12,17,24-25H,13-16H2,1H3. The summed E-state index contributed by atoms with van der Waals surface area (Å²) < 4.78 is 49.7. The fourth-order valence-electron chi connectivity index (χ4n) is 4.93. The van der Waals surface area contributed by atoms with Crippen molar-refractivity contribution in [3.05, 3.63) is 101 Å². The Morgan fingerprint density at radius 3 is 2.11 bits per heavy atom. The average Bonchev–Trinajstić information content (AvgIpc) is 3.40. The maximum Gasteiger partial charge on any atom is 0.421 e. The summed E-state index contributed by atoms with van der Waals surface area (Å²) >= 11 is 0. The van der Waals surface area contributed by atoms with Gasteiger partial charge in [0.2, 0.25) is 0 Å². The van der Waals surface area contributed by atoms with Gasteiger partial charge in [0, 0.05) is 13.1 Å². The smallest absolute Gasteiger partial charge is 0.421 e. The van der Waals surface area contributed by atoms with E-state index in [9.17, 15) is 18.4 Å². The first-order valence-electron chi connectivity index (χ1n) is 11.9. The van der Waals surface area contributed by atoms with Gasteiger partial charge < -0.3 is 18.9 Å². The Bertz CT molecular complexity index is 1220. The Morgan fingerprint density at radius 1 is 0.946 bits per heavy atom. The van der Waals surface area contributed by atoms with Crippen LogP contribution in [0.4, 0.5) is 8.78 Å². The maximum atomic E-state index is 13.5. The van der Waals surface area contributed by atoms with E-state index in [1.54, 1.807) is 42.3 Å². The molecule has 1 unspecified atom stereocenters. The highest BCUT2D eigenvalue weighted by molar-refractivity contribution is 6.31. The fourth-order valence-corrected chi connectivity index (χ4v) is 4.93. The number of rotatable bonds is 8. The summed E-state index contributed by atoms with van der Waals surface area (Å²) in [5.41, 5.74) is 2.19. The zero-order chi connectivity index (χ0) is 26.0. The molecule has 2 aliphatic heterocycles. The topological polar surface area (TPSA) is 74.3 Å². The predicted octanol–water partition coefficient (Wildman–Crippen LogP) is 4.32. The van der Waals surface area contributed by atoms with E-state index in [2.05, 4.69) is 0 Å². The van der Waals surface area contributed by atoms with Gasteiger partial charge in [-0.1, -0.05) is 36.4 Å². The number of esters is 2. The van der Waals surface area contributed by atoms with E-state index in [4.69, 9.17) is 18.9 Å².